The summed E-state index contributed by atoms with van der Waals surface area (Å²) in [6.45, 7) is 4.68. The summed E-state index contributed by atoms with van der Waals surface area (Å²) < 4.78 is 6.25. The molecule has 0 N–H and O–H groups in total. The van der Waals surface area contributed by atoms with E-state index in [1.165, 1.54) is 38.6 Å². The predicted molar refractivity (Wildman–Crippen MR) is 257 cm³/mol. The predicted octanol–water partition coefficient (Wildman–Crippen LogP) is 15.8. The van der Waals surface area contributed by atoms with Gasteiger partial charge in [0.15, 0.2) is 5.82 Å². The van der Waals surface area contributed by atoms with E-state index in [1.807, 2.05) is 18.2 Å². The molecule has 0 bridgehead atoms. The first-order valence-electron chi connectivity index (χ1n) is 21.3. The summed E-state index contributed by atoms with van der Waals surface area (Å²) in [5, 5.41) is 4.63. The summed E-state index contributed by atoms with van der Waals surface area (Å²) >= 11 is 0. The Balaban J connectivity index is 1.06. The van der Waals surface area contributed by atoms with Crippen molar-refractivity contribution in [1.29, 1.82) is 0 Å². The fraction of sp³-hybridized carbons (Fsp3) is 0.0508. The Labute approximate surface area is 360 Å². The molecule has 292 valence electrons. The second-order valence-electron chi connectivity index (χ2n) is 17.0. The Hall–Kier alpha value is -7.88. The minimum atomic E-state index is -0.109. The minimum Gasteiger partial charge on any atom is -0.456 e. The van der Waals surface area contributed by atoms with E-state index in [-0.39, 0.29) is 5.41 Å². The molecule has 0 saturated carbocycles. The van der Waals surface area contributed by atoms with Crippen molar-refractivity contribution in [3.8, 4) is 78.4 Å². The summed E-state index contributed by atoms with van der Waals surface area (Å²) in [6, 6.07) is 73.9. The minimum absolute atomic E-state index is 0.109. The van der Waals surface area contributed by atoms with E-state index in [2.05, 4.69) is 202 Å². The molecule has 0 saturated heterocycles. The van der Waals surface area contributed by atoms with Gasteiger partial charge in [-0.05, 0) is 121 Å². The average Bonchev–Trinajstić information content (AvgIpc) is 3.82. The van der Waals surface area contributed by atoms with Gasteiger partial charge >= 0.3 is 0 Å². The van der Waals surface area contributed by atoms with Crippen LogP contribution in [-0.4, -0.2) is 9.97 Å². The first-order chi connectivity index (χ1) is 30.4. The Morgan fingerprint density at radius 3 is 1.81 bits per heavy atom. The van der Waals surface area contributed by atoms with Crippen LogP contribution < -0.4 is 0 Å². The van der Waals surface area contributed by atoms with Crippen LogP contribution in [0, 0.1) is 0 Å². The van der Waals surface area contributed by atoms with E-state index in [0.29, 0.717) is 5.82 Å². The third-order valence-electron chi connectivity index (χ3n) is 12.9. The topological polar surface area (TPSA) is 38.9 Å². The molecule has 0 aliphatic heterocycles. The maximum atomic E-state index is 6.25. The Morgan fingerprint density at radius 1 is 0.339 bits per heavy atom. The lowest BCUT2D eigenvalue weighted by Crippen LogP contribution is -2.14. The molecule has 12 rings (SSSR count). The first kappa shape index (κ1) is 36.0. The van der Waals surface area contributed by atoms with E-state index >= 15 is 0 Å². The number of fused-ring (bicyclic) bond motifs is 7. The lowest BCUT2D eigenvalue weighted by atomic mass is 9.81. The van der Waals surface area contributed by atoms with Gasteiger partial charge in [-0.15, -0.1) is 0 Å². The monoisotopic (exact) mass is 792 g/mol. The molecular weight excluding hydrogens is 753 g/mol. The summed E-state index contributed by atoms with van der Waals surface area (Å²) in [7, 11) is 0. The van der Waals surface area contributed by atoms with Crippen molar-refractivity contribution in [1.82, 2.24) is 9.97 Å². The van der Waals surface area contributed by atoms with Crippen LogP contribution in [0.25, 0.3) is 111 Å². The van der Waals surface area contributed by atoms with E-state index in [1.54, 1.807) is 0 Å². The molecule has 62 heavy (non-hydrogen) atoms. The molecule has 0 atom stereocenters. The molecule has 1 aliphatic carbocycles. The van der Waals surface area contributed by atoms with E-state index in [4.69, 9.17) is 14.4 Å². The van der Waals surface area contributed by atoms with E-state index in [9.17, 15) is 0 Å². The Kier molecular flexibility index (Phi) is 8.20. The van der Waals surface area contributed by atoms with Gasteiger partial charge in [-0.1, -0.05) is 166 Å². The van der Waals surface area contributed by atoms with Crippen LogP contribution in [0.1, 0.15) is 25.0 Å². The molecule has 0 unspecified atom stereocenters. The summed E-state index contributed by atoms with van der Waals surface area (Å²) in [5.74, 6) is 0.683. The fourth-order valence-corrected chi connectivity index (χ4v) is 9.66. The highest BCUT2D eigenvalue weighted by molar-refractivity contribution is 6.06. The van der Waals surface area contributed by atoms with Gasteiger partial charge in [0.05, 0.1) is 11.4 Å². The van der Waals surface area contributed by atoms with E-state index < -0.39 is 0 Å². The normalized spacial score (nSPS) is 12.8. The largest absolute Gasteiger partial charge is 0.456 e. The van der Waals surface area contributed by atoms with Gasteiger partial charge in [0.25, 0.3) is 0 Å². The van der Waals surface area contributed by atoms with E-state index in [0.717, 1.165) is 77.8 Å². The number of benzene rings is 9. The zero-order chi connectivity index (χ0) is 41.4. The standard InChI is InChI=1S/C59H40N2O/c1-59(2)52-22-12-10-19-47(52)48-28-26-42(35-53(48)59)46-18-8-9-20-49(46)55-36-54(60-58(61-55)38-15-4-3-5-16-38)45-32-43(40-25-24-37-14-6-7-17-39(37)30-40)31-44(33-45)41-27-29-57-51(34-41)50-21-11-13-23-56(50)62-57/h3-36H,1-2H3. The van der Waals surface area contributed by atoms with Gasteiger partial charge in [-0.3, -0.25) is 0 Å². The van der Waals surface area contributed by atoms with Gasteiger partial charge < -0.3 is 4.42 Å². The number of rotatable bonds is 6. The van der Waals surface area contributed by atoms with Crippen molar-refractivity contribution < 1.29 is 4.42 Å². The van der Waals surface area contributed by atoms with Crippen molar-refractivity contribution in [3.63, 3.8) is 0 Å². The number of furan rings is 1. The second-order valence-corrected chi connectivity index (χ2v) is 17.0. The molecule has 2 aromatic heterocycles. The van der Waals surface area contributed by atoms with Crippen LogP contribution in [0.3, 0.4) is 0 Å². The molecule has 0 fully saturated rings. The lowest BCUT2D eigenvalue weighted by molar-refractivity contribution is 0.660. The highest BCUT2D eigenvalue weighted by Crippen LogP contribution is 2.50. The van der Waals surface area contributed by atoms with Gasteiger partial charge in [0.1, 0.15) is 11.2 Å². The van der Waals surface area contributed by atoms with Gasteiger partial charge in [-0.25, -0.2) is 9.97 Å². The molecule has 9 aromatic carbocycles. The molecule has 3 nitrogen and oxygen atoms in total. The maximum Gasteiger partial charge on any atom is 0.160 e. The third-order valence-corrected chi connectivity index (χ3v) is 12.9. The molecular formula is C59H40N2O. The molecule has 11 aromatic rings. The van der Waals surface area contributed by atoms with Gasteiger partial charge in [-0.2, -0.15) is 0 Å². The summed E-state index contributed by atoms with van der Waals surface area (Å²) in [5.41, 5.74) is 18.5. The number of hydrogen-bond acceptors (Lipinski definition) is 3. The molecule has 1 aliphatic rings. The zero-order valence-corrected chi connectivity index (χ0v) is 34.4. The first-order valence-corrected chi connectivity index (χ1v) is 21.3. The number of para-hydroxylation sites is 1. The number of nitrogens with zero attached hydrogens (tertiary/aromatic N) is 2. The molecule has 3 heteroatoms. The van der Waals surface area contributed by atoms with Crippen molar-refractivity contribution in [2.24, 2.45) is 0 Å². The quantitative estimate of drug-likeness (QED) is 0.168. The average molecular weight is 793 g/mol. The van der Waals surface area contributed by atoms with Crippen LogP contribution in [-0.2, 0) is 5.41 Å². The van der Waals surface area contributed by atoms with Gasteiger partial charge in [0, 0.05) is 32.9 Å². The van der Waals surface area contributed by atoms with Crippen molar-refractivity contribution in [3.05, 3.63) is 217 Å². The second kappa shape index (κ2) is 14.1. The third kappa shape index (κ3) is 5.96. The summed E-state index contributed by atoms with van der Waals surface area (Å²) in [4.78, 5) is 10.7. The molecule has 0 radical (unpaired) electrons. The molecule has 0 spiro atoms. The summed E-state index contributed by atoms with van der Waals surface area (Å²) in [6.07, 6.45) is 0. The van der Waals surface area contributed by atoms with Crippen LogP contribution in [0.5, 0.6) is 0 Å². The van der Waals surface area contributed by atoms with Crippen LogP contribution in [0.2, 0.25) is 0 Å². The van der Waals surface area contributed by atoms with Crippen LogP contribution in [0.15, 0.2) is 211 Å². The van der Waals surface area contributed by atoms with Crippen molar-refractivity contribution in [2.45, 2.75) is 19.3 Å². The number of hydrogen-bond donors (Lipinski definition) is 0. The van der Waals surface area contributed by atoms with Gasteiger partial charge in [0.2, 0.25) is 0 Å². The SMILES string of the molecule is CC1(C)c2ccccc2-c2ccc(-c3ccccc3-c3cc(-c4cc(-c5ccc6ccccc6c5)cc(-c5ccc6oc7ccccc7c6c5)c4)nc(-c4ccccc4)n3)cc21. The van der Waals surface area contributed by atoms with Crippen LogP contribution in [0.4, 0.5) is 0 Å². The number of aromatic nitrogens is 2. The molecule has 2 heterocycles. The molecule has 0 amide bonds. The van der Waals surface area contributed by atoms with Crippen molar-refractivity contribution in [2.75, 3.05) is 0 Å². The zero-order valence-electron chi connectivity index (χ0n) is 34.4. The Bertz CT molecular complexity index is 3560. The Morgan fingerprint density at radius 2 is 0.952 bits per heavy atom. The fourth-order valence-electron chi connectivity index (χ4n) is 9.66. The highest BCUT2D eigenvalue weighted by Gasteiger charge is 2.35. The van der Waals surface area contributed by atoms with Crippen LogP contribution >= 0.6 is 0 Å². The lowest BCUT2D eigenvalue weighted by Gasteiger charge is -2.22. The smallest absolute Gasteiger partial charge is 0.160 e. The van der Waals surface area contributed by atoms with Crippen molar-refractivity contribution >= 4 is 32.7 Å². The maximum absolute atomic E-state index is 6.25. The highest BCUT2D eigenvalue weighted by atomic mass is 16.3.